The maximum atomic E-state index is 12.4. The average Bonchev–Trinajstić information content (AvgIpc) is 2.57. The third-order valence-electron chi connectivity index (χ3n) is 3.64. The van der Waals surface area contributed by atoms with E-state index in [4.69, 9.17) is 40.5 Å². The lowest BCUT2D eigenvalue weighted by Crippen LogP contribution is -2.23. The summed E-state index contributed by atoms with van der Waals surface area (Å²) in [6.07, 6.45) is 0. The minimum Gasteiger partial charge on any atom is -0.366 e. The van der Waals surface area contributed by atoms with Gasteiger partial charge >= 0.3 is 6.03 Å². The van der Waals surface area contributed by atoms with Gasteiger partial charge in [-0.3, -0.25) is 4.79 Å². The number of fused-ring (bicyclic) bond motifs is 1. The first kappa shape index (κ1) is 18.3. The van der Waals surface area contributed by atoms with Gasteiger partial charge in [0.2, 0.25) is 0 Å². The molecule has 26 heavy (non-hydrogen) atoms. The van der Waals surface area contributed by atoms with Gasteiger partial charge in [0.05, 0.1) is 27.0 Å². The van der Waals surface area contributed by atoms with Crippen molar-refractivity contribution in [3.05, 3.63) is 69.2 Å². The number of urea groups is 1. The van der Waals surface area contributed by atoms with E-state index in [9.17, 15) is 9.59 Å². The smallest absolute Gasteiger partial charge is 0.323 e. The molecule has 3 aromatic carbocycles. The van der Waals surface area contributed by atoms with E-state index in [1.165, 1.54) is 12.1 Å². The Morgan fingerprint density at radius 3 is 2.00 bits per heavy atom. The summed E-state index contributed by atoms with van der Waals surface area (Å²) in [6.45, 7) is 0. The first-order valence-electron chi connectivity index (χ1n) is 7.40. The molecule has 3 rings (SSSR count). The van der Waals surface area contributed by atoms with Crippen LogP contribution in [0.3, 0.4) is 0 Å². The molecule has 0 fully saturated rings. The zero-order valence-electron chi connectivity index (χ0n) is 13.1. The third-order valence-corrected chi connectivity index (χ3v) is 4.46. The van der Waals surface area contributed by atoms with Crippen LogP contribution in [0.4, 0.5) is 16.2 Å². The SMILES string of the molecule is NC(=O)c1cc2ccccc2cc1NC(=O)Nc1c(Cl)cc(Cl)cc1Cl. The Kier molecular flexibility index (Phi) is 5.23. The second-order valence-corrected chi connectivity index (χ2v) is 6.68. The number of carbonyl (C=O) groups excluding carboxylic acids is 2. The summed E-state index contributed by atoms with van der Waals surface area (Å²) in [7, 11) is 0. The van der Waals surface area contributed by atoms with Crippen LogP contribution < -0.4 is 16.4 Å². The molecular formula is C18H12Cl3N3O2. The Labute approximate surface area is 164 Å². The second-order valence-electron chi connectivity index (χ2n) is 5.43. The Hall–Kier alpha value is -2.47. The molecule has 0 spiro atoms. The van der Waals surface area contributed by atoms with E-state index in [-0.39, 0.29) is 27.0 Å². The van der Waals surface area contributed by atoms with Crippen LogP contribution in [0.1, 0.15) is 10.4 Å². The molecule has 0 aromatic heterocycles. The number of halogens is 3. The monoisotopic (exact) mass is 407 g/mol. The summed E-state index contributed by atoms with van der Waals surface area (Å²) in [6, 6.07) is 13.0. The summed E-state index contributed by atoms with van der Waals surface area (Å²) < 4.78 is 0. The number of amides is 3. The summed E-state index contributed by atoms with van der Waals surface area (Å²) in [5.41, 5.74) is 6.10. The summed E-state index contributed by atoms with van der Waals surface area (Å²) >= 11 is 18.0. The van der Waals surface area contributed by atoms with Gasteiger partial charge in [0.15, 0.2) is 0 Å². The molecule has 4 N–H and O–H groups in total. The molecule has 8 heteroatoms. The lowest BCUT2D eigenvalue weighted by molar-refractivity contribution is 0.100. The molecule has 3 amide bonds. The van der Waals surface area contributed by atoms with E-state index in [0.29, 0.717) is 5.02 Å². The number of hydrogen-bond acceptors (Lipinski definition) is 2. The van der Waals surface area contributed by atoms with E-state index in [0.717, 1.165) is 10.8 Å². The topological polar surface area (TPSA) is 84.2 Å². The van der Waals surface area contributed by atoms with E-state index < -0.39 is 11.9 Å². The van der Waals surface area contributed by atoms with Gasteiger partial charge < -0.3 is 16.4 Å². The Morgan fingerprint density at radius 2 is 1.42 bits per heavy atom. The normalized spacial score (nSPS) is 10.6. The molecule has 0 atom stereocenters. The van der Waals surface area contributed by atoms with E-state index in [1.54, 1.807) is 12.1 Å². The predicted octanol–water partition coefficient (Wildman–Crippen LogP) is 5.54. The molecule has 0 radical (unpaired) electrons. The van der Waals surface area contributed by atoms with Crippen LogP contribution in [-0.4, -0.2) is 11.9 Å². The van der Waals surface area contributed by atoms with Crippen LogP contribution in [0, 0.1) is 0 Å². The van der Waals surface area contributed by atoms with Crippen molar-refractivity contribution in [1.29, 1.82) is 0 Å². The van der Waals surface area contributed by atoms with Gasteiger partial charge in [-0.15, -0.1) is 0 Å². The third kappa shape index (κ3) is 3.85. The zero-order valence-corrected chi connectivity index (χ0v) is 15.4. The van der Waals surface area contributed by atoms with E-state index >= 15 is 0 Å². The molecule has 0 unspecified atom stereocenters. The quantitative estimate of drug-likeness (QED) is 0.531. The van der Waals surface area contributed by atoms with Crippen LogP contribution in [0.25, 0.3) is 10.8 Å². The lowest BCUT2D eigenvalue weighted by Gasteiger charge is -2.13. The number of benzene rings is 3. The lowest BCUT2D eigenvalue weighted by atomic mass is 10.0. The molecule has 0 bridgehead atoms. The van der Waals surface area contributed by atoms with Crippen LogP contribution in [-0.2, 0) is 0 Å². The van der Waals surface area contributed by atoms with Gasteiger partial charge in [0, 0.05) is 5.02 Å². The summed E-state index contributed by atoms with van der Waals surface area (Å²) in [4.78, 5) is 24.1. The second kappa shape index (κ2) is 7.41. The van der Waals surface area contributed by atoms with Gasteiger partial charge in [-0.2, -0.15) is 0 Å². The number of nitrogens with two attached hydrogens (primary N) is 1. The predicted molar refractivity (Wildman–Crippen MR) is 107 cm³/mol. The van der Waals surface area contributed by atoms with Crippen LogP contribution in [0.2, 0.25) is 15.1 Å². The molecular weight excluding hydrogens is 397 g/mol. The number of rotatable bonds is 3. The number of nitrogens with one attached hydrogen (secondary N) is 2. The van der Waals surface area contributed by atoms with Crippen LogP contribution in [0.15, 0.2) is 48.5 Å². The first-order valence-corrected chi connectivity index (χ1v) is 8.53. The molecule has 5 nitrogen and oxygen atoms in total. The van der Waals surface area contributed by atoms with Crippen molar-refractivity contribution in [2.45, 2.75) is 0 Å². The van der Waals surface area contributed by atoms with Crippen molar-refractivity contribution in [2.24, 2.45) is 5.73 Å². The van der Waals surface area contributed by atoms with E-state index in [1.807, 2.05) is 24.3 Å². The van der Waals surface area contributed by atoms with Gasteiger partial charge in [0.25, 0.3) is 5.91 Å². The van der Waals surface area contributed by atoms with Crippen LogP contribution >= 0.6 is 34.8 Å². The highest BCUT2D eigenvalue weighted by molar-refractivity contribution is 6.42. The van der Waals surface area contributed by atoms with Gasteiger partial charge in [-0.1, -0.05) is 59.1 Å². The summed E-state index contributed by atoms with van der Waals surface area (Å²) in [5, 5.41) is 7.53. The van der Waals surface area contributed by atoms with Gasteiger partial charge in [-0.25, -0.2) is 4.79 Å². The Bertz CT molecular complexity index is 1010. The molecule has 3 aromatic rings. The van der Waals surface area contributed by atoms with Gasteiger partial charge in [-0.05, 0) is 35.0 Å². The highest BCUT2D eigenvalue weighted by Crippen LogP contribution is 2.34. The number of primary amides is 1. The number of anilines is 2. The minimum absolute atomic E-state index is 0.186. The highest BCUT2D eigenvalue weighted by atomic mass is 35.5. The van der Waals surface area contributed by atoms with Crippen molar-refractivity contribution >= 4 is 68.9 Å². The Morgan fingerprint density at radius 1 is 0.846 bits per heavy atom. The van der Waals surface area contributed by atoms with Crippen molar-refractivity contribution in [3.8, 4) is 0 Å². The van der Waals surface area contributed by atoms with E-state index in [2.05, 4.69) is 10.6 Å². The van der Waals surface area contributed by atoms with Crippen molar-refractivity contribution in [2.75, 3.05) is 10.6 Å². The van der Waals surface area contributed by atoms with Crippen molar-refractivity contribution in [3.63, 3.8) is 0 Å². The van der Waals surface area contributed by atoms with Gasteiger partial charge in [0.1, 0.15) is 0 Å². The molecule has 0 saturated heterocycles. The molecule has 0 aliphatic heterocycles. The molecule has 0 saturated carbocycles. The van der Waals surface area contributed by atoms with Crippen LogP contribution in [0.5, 0.6) is 0 Å². The number of carbonyl (C=O) groups is 2. The largest absolute Gasteiger partial charge is 0.366 e. The standard InChI is InChI=1S/C18H12Cl3N3O2/c19-11-7-13(20)16(14(21)8-11)24-18(26)23-15-6-10-4-2-1-3-9(10)5-12(15)17(22)25/h1-8H,(H2,22,25)(H2,23,24,26). The fourth-order valence-corrected chi connectivity index (χ4v) is 3.39. The first-order chi connectivity index (χ1) is 12.3. The highest BCUT2D eigenvalue weighted by Gasteiger charge is 2.15. The summed E-state index contributed by atoms with van der Waals surface area (Å²) in [5.74, 6) is -0.659. The number of hydrogen-bond donors (Lipinski definition) is 3. The maximum absolute atomic E-state index is 12.4. The minimum atomic E-state index is -0.659. The molecule has 132 valence electrons. The fraction of sp³-hybridized carbons (Fsp3) is 0. The zero-order chi connectivity index (χ0) is 18.8. The van der Waals surface area contributed by atoms with Crippen molar-refractivity contribution in [1.82, 2.24) is 0 Å². The average molecular weight is 409 g/mol. The fourth-order valence-electron chi connectivity index (χ4n) is 2.48. The Balaban J connectivity index is 1.92. The molecule has 0 aliphatic carbocycles. The molecule has 0 aliphatic rings. The van der Waals surface area contributed by atoms with Crippen molar-refractivity contribution < 1.29 is 9.59 Å². The molecule has 0 heterocycles. The maximum Gasteiger partial charge on any atom is 0.323 e.